The lowest BCUT2D eigenvalue weighted by Gasteiger charge is -2.14. The highest BCUT2D eigenvalue weighted by atomic mass is 32.2. The summed E-state index contributed by atoms with van der Waals surface area (Å²) in [6.45, 7) is 1.47. The zero-order valence-electron chi connectivity index (χ0n) is 9.62. The van der Waals surface area contributed by atoms with Crippen LogP contribution in [-0.2, 0) is 14.3 Å². The van der Waals surface area contributed by atoms with E-state index in [-0.39, 0.29) is 18.0 Å². The lowest BCUT2D eigenvalue weighted by molar-refractivity contribution is -0.144. The van der Waals surface area contributed by atoms with Crippen molar-refractivity contribution in [3.8, 4) is 0 Å². The Bertz CT molecular complexity index is 552. The van der Waals surface area contributed by atoms with Crippen LogP contribution in [0.15, 0.2) is 21.9 Å². The molecule has 2 rings (SSSR count). The number of aromatic amines is 1. The number of hydrogen-bond donors (Lipinski definition) is 1. The summed E-state index contributed by atoms with van der Waals surface area (Å²) in [7, 11) is 0. The Balaban J connectivity index is 2.02. The second kappa shape index (κ2) is 5.40. The molecule has 0 radical (unpaired) electrons. The summed E-state index contributed by atoms with van der Waals surface area (Å²) in [6.07, 6.45) is 0.931. The highest BCUT2D eigenvalue weighted by Crippen LogP contribution is 2.30. The Morgan fingerprint density at radius 1 is 1.67 bits per heavy atom. The molecule has 0 bridgehead atoms. The van der Waals surface area contributed by atoms with Crippen molar-refractivity contribution in [3.05, 3.63) is 33.1 Å². The van der Waals surface area contributed by atoms with Gasteiger partial charge >= 0.3 is 11.7 Å². The van der Waals surface area contributed by atoms with Crippen molar-refractivity contribution in [3.63, 3.8) is 0 Å². The van der Waals surface area contributed by atoms with Crippen LogP contribution in [0.1, 0.15) is 13.2 Å². The standard InChI is InChI=1S/C10H12N2O5S/c1-6(13)16-4-9-17-8(5-18-9)12-3-2-7(14)11-10(12)15/h2-3,8-9H,4-5H2,1H3,(H,11,14,15). The molecule has 18 heavy (non-hydrogen) atoms. The van der Waals surface area contributed by atoms with E-state index in [0.29, 0.717) is 5.75 Å². The normalized spacial score (nSPS) is 22.9. The summed E-state index contributed by atoms with van der Waals surface area (Å²) in [4.78, 5) is 35.3. The van der Waals surface area contributed by atoms with Crippen LogP contribution < -0.4 is 11.2 Å². The topological polar surface area (TPSA) is 90.4 Å². The number of ether oxygens (including phenoxy) is 2. The number of hydrogen-bond acceptors (Lipinski definition) is 6. The van der Waals surface area contributed by atoms with Crippen LogP contribution in [0, 0.1) is 0 Å². The molecule has 1 aromatic heterocycles. The summed E-state index contributed by atoms with van der Waals surface area (Å²) in [5, 5.41) is 0. The van der Waals surface area contributed by atoms with Gasteiger partial charge in [-0.25, -0.2) is 4.79 Å². The minimum absolute atomic E-state index is 0.147. The molecule has 1 aliphatic heterocycles. The van der Waals surface area contributed by atoms with Crippen molar-refractivity contribution in [1.29, 1.82) is 0 Å². The molecule has 1 aliphatic rings. The fourth-order valence-corrected chi connectivity index (χ4v) is 2.51. The molecule has 2 atom stereocenters. The fraction of sp³-hybridized carbons (Fsp3) is 0.500. The van der Waals surface area contributed by atoms with Gasteiger partial charge in [0.2, 0.25) is 0 Å². The van der Waals surface area contributed by atoms with E-state index in [2.05, 4.69) is 4.98 Å². The maximum Gasteiger partial charge on any atom is 0.330 e. The van der Waals surface area contributed by atoms with Gasteiger partial charge in [-0.1, -0.05) is 0 Å². The first-order valence-electron chi connectivity index (χ1n) is 5.28. The van der Waals surface area contributed by atoms with Crippen molar-refractivity contribution in [2.45, 2.75) is 18.6 Å². The molecule has 7 nitrogen and oxygen atoms in total. The minimum atomic E-state index is -0.513. The van der Waals surface area contributed by atoms with Gasteiger partial charge in [0.25, 0.3) is 5.56 Å². The number of H-pyrrole nitrogens is 1. The molecule has 0 aliphatic carbocycles. The molecular formula is C10H12N2O5S. The number of thioether (sulfide) groups is 1. The van der Waals surface area contributed by atoms with E-state index in [4.69, 9.17) is 9.47 Å². The Hall–Kier alpha value is -1.54. The van der Waals surface area contributed by atoms with E-state index in [1.165, 1.54) is 35.5 Å². The zero-order valence-corrected chi connectivity index (χ0v) is 10.4. The van der Waals surface area contributed by atoms with Crippen molar-refractivity contribution in [1.82, 2.24) is 9.55 Å². The second-order valence-electron chi connectivity index (χ2n) is 3.67. The van der Waals surface area contributed by atoms with E-state index in [9.17, 15) is 14.4 Å². The van der Waals surface area contributed by atoms with Gasteiger partial charge in [0.15, 0.2) is 0 Å². The molecular weight excluding hydrogens is 260 g/mol. The van der Waals surface area contributed by atoms with Crippen LogP contribution in [0.5, 0.6) is 0 Å². The highest BCUT2D eigenvalue weighted by molar-refractivity contribution is 8.00. The molecule has 2 heterocycles. The molecule has 0 saturated carbocycles. The number of esters is 1. The summed E-state index contributed by atoms with van der Waals surface area (Å²) in [5.41, 5.74) is -1.25. The summed E-state index contributed by atoms with van der Waals surface area (Å²) in [5.74, 6) is 0.182. The first-order chi connectivity index (χ1) is 8.56. The first kappa shape index (κ1) is 12.9. The maximum atomic E-state index is 11.5. The third-order valence-corrected chi connectivity index (χ3v) is 3.41. The zero-order chi connectivity index (χ0) is 13.1. The van der Waals surface area contributed by atoms with Crippen molar-refractivity contribution >= 4 is 17.7 Å². The van der Waals surface area contributed by atoms with Crippen LogP contribution in [0.25, 0.3) is 0 Å². The Labute approximate surface area is 106 Å². The van der Waals surface area contributed by atoms with Crippen LogP contribution in [0.2, 0.25) is 0 Å². The number of carbonyl (C=O) groups excluding carboxylic acids is 1. The van der Waals surface area contributed by atoms with Gasteiger partial charge in [-0.3, -0.25) is 19.1 Å². The predicted octanol–water partition coefficient (Wildman–Crippen LogP) is -0.312. The quantitative estimate of drug-likeness (QED) is 0.759. The minimum Gasteiger partial charge on any atom is -0.462 e. The molecule has 1 N–H and O–H groups in total. The number of carbonyl (C=O) groups is 1. The molecule has 0 spiro atoms. The van der Waals surface area contributed by atoms with E-state index in [1.807, 2.05) is 0 Å². The molecule has 1 saturated heterocycles. The molecule has 1 aromatic rings. The van der Waals surface area contributed by atoms with Crippen molar-refractivity contribution < 1.29 is 14.3 Å². The highest BCUT2D eigenvalue weighted by Gasteiger charge is 2.28. The van der Waals surface area contributed by atoms with Crippen LogP contribution in [0.4, 0.5) is 0 Å². The summed E-state index contributed by atoms with van der Waals surface area (Å²) < 4.78 is 11.7. The predicted molar refractivity (Wildman–Crippen MR) is 64.3 cm³/mol. The average Bonchev–Trinajstić information content (AvgIpc) is 2.75. The van der Waals surface area contributed by atoms with Gasteiger partial charge in [0.05, 0.1) is 0 Å². The SMILES string of the molecule is CC(=O)OCC1OC(n2ccc(=O)[nH]c2=O)CS1. The Morgan fingerprint density at radius 2 is 2.44 bits per heavy atom. The number of nitrogens with zero attached hydrogens (tertiary/aromatic N) is 1. The number of rotatable bonds is 3. The molecule has 0 amide bonds. The largest absolute Gasteiger partial charge is 0.462 e. The van der Waals surface area contributed by atoms with Gasteiger partial charge in [-0.2, -0.15) is 0 Å². The van der Waals surface area contributed by atoms with Crippen LogP contribution >= 0.6 is 11.8 Å². The van der Waals surface area contributed by atoms with E-state index in [0.717, 1.165) is 0 Å². The smallest absolute Gasteiger partial charge is 0.330 e. The Kier molecular flexibility index (Phi) is 3.87. The van der Waals surface area contributed by atoms with Crippen LogP contribution in [-0.4, -0.2) is 33.3 Å². The van der Waals surface area contributed by atoms with E-state index in [1.54, 1.807) is 0 Å². The average molecular weight is 272 g/mol. The van der Waals surface area contributed by atoms with Gasteiger partial charge < -0.3 is 9.47 Å². The van der Waals surface area contributed by atoms with Gasteiger partial charge in [-0.15, -0.1) is 11.8 Å². The van der Waals surface area contributed by atoms with Gasteiger partial charge in [-0.05, 0) is 0 Å². The maximum absolute atomic E-state index is 11.5. The molecule has 8 heteroatoms. The molecule has 1 fully saturated rings. The van der Waals surface area contributed by atoms with Gasteiger partial charge in [0, 0.05) is 24.9 Å². The Morgan fingerprint density at radius 3 is 3.11 bits per heavy atom. The van der Waals surface area contributed by atoms with Crippen molar-refractivity contribution in [2.75, 3.05) is 12.4 Å². The molecule has 98 valence electrons. The third-order valence-electron chi connectivity index (χ3n) is 2.32. The van der Waals surface area contributed by atoms with Crippen molar-refractivity contribution in [2.24, 2.45) is 0 Å². The van der Waals surface area contributed by atoms with E-state index < -0.39 is 17.5 Å². The lowest BCUT2D eigenvalue weighted by atomic mass is 10.5. The first-order valence-corrected chi connectivity index (χ1v) is 6.33. The van der Waals surface area contributed by atoms with Gasteiger partial charge in [0.1, 0.15) is 18.3 Å². The fourth-order valence-electron chi connectivity index (χ4n) is 1.52. The second-order valence-corrected chi connectivity index (χ2v) is 4.87. The molecule has 2 unspecified atom stereocenters. The van der Waals surface area contributed by atoms with Crippen LogP contribution in [0.3, 0.4) is 0 Å². The monoisotopic (exact) mass is 272 g/mol. The third kappa shape index (κ3) is 3.02. The number of nitrogens with one attached hydrogen (secondary N) is 1. The number of aromatic nitrogens is 2. The summed E-state index contributed by atoms with van der Waals surface area (Å²) in [6, 6.07) is 1.26. The lowest BCUT2D eigenvalue weighted by Crippen LogP contribution is -2.32. The molecule has 0 aromatic carbocycles. The summed E-state index contributed by atoms with van der Waals surface area (Å²) >= 11 is 1.45. The van der Waals surface area contributed by atoms with E-state index >= 15 is 0 Å².